The van der Waals surface area contributed by atoms with Crippen LogP contribution in [0.4, 0.5) is 0 Å². The molecule has 2 aromatic heterocycles. The van der Waals surface area contributed by atoms with E-state index in [1.165, 1.54) is 7.11 Å². The molecule has 0 bridgehead atoms. The Morgan fingerprint density at radius 2 is 1.81 bits per heavy atom. The quantitative estimate of drug-likeness (QED) is 0.442. The topological polar surface area (TPSA) is 69.4 Å². The van der Waals surface area contributed by atoms with Gasteiger partial charge in [-0.05, 0) is 42.3 Å². The normalized spacial score (nSPS) is 13.2. The van der Waals surface area contributed by atoms with E-state index in [9.17, 15) is 5.11 Å². The van der Waals surface area contributed by atoms with E-state index in [0.29, 0.717) is 56.0 Å². The summed E-state index contributed by atoms with van der Waals surface area (Å²) in [5.41, 5.74) is 0.957. The summed E-state index contributed by atoms with van der Waals surface area (Å²) in [6, 6.07) is 12.5. The summed E-state index contributed by atoms with van der Waals surface area (Å²) >= 11 is 12.8. The summed E-state index contributed by atoms with van der Waals surface area (Å²) < 4.78 is 12.8. The van der Waals surface area contributed by atoms with Crippen LogP contribution in [0.15, 0.2) is 55.0 Å². The van der Waals surface area contributed by atoms with Crippen molar-refractivity contribution in [1.82, 2.24) is 14.5 Å². The molecule has 1 atom stereocenters. The zero-order valence-electron chi connectivity index (χ0n) is 17.3. The van der Waals surface area contributed by atoms with E-state index in [1.807, 2.05) is 26.1 Å². The Balaban J connectivity index is 1.99. The number of benzene rings is 2. The lowest BCUT2D eigenvalue weighted by molar-refractivity contribution is 0.117. The van der Waals surface area contributed by atoms with Crippen LogP contribution < -0.4 is 9.47 Å². The molecule has 4 rings (SSSR count). The SMILES string of the molecule is CCOc1c(OC)nc2ccc(C(O)(c3ccc(Cl)cc3)c3cncn3C)cc2c1Cl. The van der Waals surface area contributed by atoms with Crippen LogP contribution in [0.1, 0.15) is 23.7 Å². The molecule has 160 valence electrons. The van der Waals surface area contributed by atoms with Crippen LogP contribution in [-0.4, -0.2) is 33.4 Å². The van der Waals surface area contributed by atoms with E-state index in [0.717, 1.165) is 0 Å². The molecule has 0 spiro atoms. The van der Waals surface area contributed by atoms with Crippen molar-refractivity contribution in [2.75, 3.05) is 13.7 Å². The molecule has 4 aromatic rings. The molecule has 0 saturated heterocycles. The molecule has 1 unspecified atom stereocenters. The Morgan fingerprint density at radius 3 is 2.42 bits per heavy atom. The molecule has 8 heteroatoms. The predicted molar refractivity (Wildman–Crippen MR) is 121 cm³/mol. The second kappa shape index (κ2) is 8.38. The van der Waals surface area contributed by atoms with Gasteiger partial charge in [0, 0.05) is 17.5 Å². The maximum atomic E-state index is 12.1. The summed E-state index contributed by atoms with van der Waals surface area (Å²) in [5.74, 6) is 0.679. The highest BCUT2D eigenvalue weighted by Gasteiger charge is 2.37. The van der Waals surface area contributed by atoms with Crippen molar-refractivity contribution in [2.24, 2.45) is 7.05 Å². The van der Waals surface area contributed by atoms with E-state index >= 15 is 0 Å². The van der Waals surface area contributed by atoms with Crippen molar-refractivity contribution in [3.8, 4) is 11.6 Å². The molecular weight excluding hydrogens is 437 g/mol. The molecule has 0 aliphatic carbocycles. The number of methoxy groups -OCH3 is 1. The van der Waals surface area contributed by atoms with E-state index in [4.69, 9.17) is 32.7 Å². The third kappa shape index (κ3) is 3.61. The number of hydrogen-bond donors (Lipinski definition) is 1. The van der Waals surface area contributed by atoms with Gasteiger partial charge in [0.2, 0.25) is 5.75 Å². The molecule has 0 aliphatic heterocycles. The summed E-state index contributed by atoms with van der Waals surface area (Å²) in [5, 5.41) is 13.7. The summed E-state index contributed by atoms with van der Waals surface area (Å²) in [6.45, 7) is 2.27. The first-order valence-electron chi connectivity index (χ1n) is 9.65. The van der Waals surface area contributed by atoms with Crippen LogP contribution in [0.25, 0.3) is 10.9 Å². The van der Waals surface area contributed by atoms with Crippen LogP contribution in [0.2, 0.25) is 10.0 Å². The lowest BCUT2D eigenvalue weighted by Gasteiger charge is -2.30. The van der Waals surface area contributed by atoms with Crippen LogP contribution >= 0.6 is 23.2 Å². The van der Waals surface area contributed by atoms with Crippen molar-refractivity contribution in [2.45, 2.75) is 12.5 Å². The van der Waals surface area contributed by atoms with Gasteiger partial charge < -0.3 is 19.1 Å². The van der Waals surface area contributed by atoms with Gasteiger partial charge in [-0.1, -0.05) is 41.4 Å². The number of fused-ring (bicyclic) bond motifs is 1. The molecule has 31 heavy (non-hydrogen) atoms. The fourth-order valence-electron chi connectivity index (χ4n) is 3.68. The van der Waals surface area contributed by atoms with Gasteiger partial charge in [0.25, 0.3) is 5.88 Å². The standard InChI is InChI=1S/C23H21Cl2N3O3/c1-4-31-21-20(25)17-11-15(7-10-18(17)27-22(21)30-3)23(29,19-12-26-13-28(19)2)14-5-8-16(24)9-6-14/h5-13,29H,4H2,1-3H3. The predicted octanol–water partition coefficient (Wildman–Crippen LogP) is 4.97. The highest BCUT2D eigenvalue weighted by atomic mass is 35.5. The molecule has 0 aliphatic rings. The maximum absolute atomic E-state index is 12.1. The number of hydrogen-bond acceptors (Lipinski definition) is 5. The van der Waals surface area contributed by atoms with Crippen molar-refractivity contribution >= 4 is 34.1 Å². The Morgan fingerprint density at radius 1 is 1.10 bits per heavy atom. The minimum absolute atomic E-state index is 0.312. The lowest BCUT2D eigenvalue weighted by Crippen LogP contribution is -2.31. The third-order valence-electron chi connectivity index (χ3n) is 5.20. The third-order valence-corrected chi connectivity index (χ3v) is 5.82. The number of halogens is 2. The number of ether oxygens (including phenoxy) is 2. The fraction of sp³-hybridized carbons (Fsp3) is 0.217. The number of aromatic nitrogens is 3. The Hall–Kier alpha value is -2.80. The van der Waals surface area contributed by atoms with Gasteiger partial charge >= 0.3 is 0 Å². The Bertz CT molecular complexity index is 1240. The minimum Gasteiger partial charge on any atom is -0.487 e. The number of aliphatic hydroxyl groups is 1. The molecule has 0 radical (unpaired) electrons. The van der Waals surface area contributed by atoms with Crippen LogP contribution in [0.5, 0.6) is 11.6 Å². The Kier molecular flexibility index (Phi) is 5.79. The van der Waals surface area contributed by atoms with Crippen LogP contribution in [-0.2, 0) is 12.6 Å². The van der Waals surface area contributed by atoms with E-state index in [-0.39, 0.29) is 0 Å². The first-order valence-corrected chi connectivity index (χ1v) is 10.4. The first kappa shape index (κ1) is 21.4. The highest BCUT2D eigenvalue weighted by Crippen LogP contribution is 2.42. The van der Waals surface area contributed by atoms with Gasteiger partial charge in [-0.3, -0.25) is 0 Å². The number of pyridine rings is 1. The average molecular weight is 458 g/mol. The maximum Gasteiger partial charge on any atom is 0.258 e. The second-order valence-corrected chi connectivity index (χ2v) is 7.85. The summed E-state index contributed by atoms with van der Waals surface area (Å²) in [7, 11) is 3.35. The molecular formula is C23H21Cl2N3O3. The van der Waals surface area contributed by atoms with Crippen LogP contribution in [0.3, 0.4) is 0 Å². The van der Waals surface area contributed by atoms with E-state index in [1.54, 1.807) is 47.4 Å². The van der Waals surface area contributed by atoms with Gasteiger partial charge in [0.15, 0.2) is 5.60 Å². The second-order valence-electron chi connectivity index (χ2n) is 7.04. The van der Waals surface area contributed by atoms with Crippen molar-refractivity contribution in [3.05, 3.63) is 81.9 Å². The average Bonchev–Trinajstić information content (AvgIpc) is 3.21. The molecule has 2 aromatic carbocycles. The number of imidazole rings is 1. The fourth-order valence-corrected chi connectivity index (χ4v) is 4.09. The first-order chi connectivity index (χ1) is 14.9. The smallest absolute Gasteiger partial charge is 0.258 e. The lowest BCUT2D eigenvalue weighted by atomic mass is 9.83. The van der Waals surface area contributed by atoms with Gasteiger partial charge in [0.05, 0.1) is 42.5 Å². The Labute approximate surface area is 190 Å². The molecule has 2 heterocycles. The van der Waals surface area contributed by atoms with Crippen molar-refractivity contribution in [3.63, 3.8) is 0 Å². The largest absolute Gasteiger partial charge is 0.487 e. The highest BCUT2D eigenvalue weighted by molar-refractivity contribution is 6.37. The van der Waals surface area contributed by atoms with Crippen LogP contribution in [0, 0.1) is 0 Å². The summed E-state index contributed by atoms with van der Waals surface area (Å²) in [4.78, 5) is 8.71. The molecule has 6 nitrogen and oxygen atoms in total. The van der Waals surface area contributed by atoms with Gasteiger partial charge in [-0.2, -0.15) is 0 Å². The number of nitrogens with zero attached hydrogens (tertiary/aromatic N) is 3. The monoisotopic (exact) mass is 457 g/mol. The van der Waals surface area contributed by atoms with Gasteiger partial charge in [0.1, 0.15) is 0 Å². The van der Waals surface area contributed by atoms with Crippen molar-refractivity contribution in [1.29, 1.82) is 0 Å². The zero-order valence-corrected chi connectivity index (χ0v) is 18.8. The van der Waals surface area contributed by atoms with Crippen molar-refractivity contribution < 1.29 is 14.6 Å². The van der Waals surface area contributed by atoms with Gasteiger partial charge in [-0.15, -0.1) is 0 Å². The molecule has 1 N–H and O–H groups in total. The molecule has 0 amide bonds. The minimum atomic E-state index is -1.50. The molecule has 0 fully saturated rings. The van der Waals surface area contributed by atoms with E-state index < -0.39 is 5.60 Å². The van der Waals surface area contributed by atoms with Gasteiger partial charge in [-0.25, -0.2) is 9.97 Å². The molecule has 0 saturated carbocycles. The zero-order chi connectivity index (χ0) is 22.2. The number of rotatable bonds is 6. The summed E-state index contributed by atoms with van der Waals surface area (Å²) in [6.07, 6.45) is 3.28. The number of aryl methyl sites for hydroxylation is 1. The van der Waals surface area contributed by atoms with E-state index in [2.05, 4.69) is 9.97 Å².